The molecule has 3 aromatic heterocycles. The molecule has 400 valence electrons. The van der Waals surface area contributed by atoms with Gasteiger partial charge in [0.1, 0.15) is 17.2 Å². The van der Waals surface area contributed by atoms with Crippen molar-refractivity contribution in [3.05, 3.63) is 125 Å². The number of hydrogen-bond acceptors (Lipinski definition) is 13. The number of para-hydroxylation sites is 1. The van der Waals surface area contributed by atoms with E-state index in [1.165, 1.54) is 23.4 Å². The van der Waals surface area contributed by atoms with Crippen molar-refractivity contribution < 1.29 is 28.7 Å². The monoisotopic (exact) mass is 1060 g/mol. The number of amides is 3. The highest BCUT2D eigenvalue weighted by molar-refractivity contribution is 7.22. The van der Waals surface area contributed by atoms with E-state index < -0.39 is 17.5 Å². The number of aromatic nitrogens is 4. The van der Waals surface area contributed by atoms with Gasteiger partial charge in [0.2, 0.25) is 11.8 Å². The first-order chi connectivity index (χ1) is 37.1. The number of carbonyl (C=O) groups is 4. The normalized spacial score (nSPS) is 19.7. The van der Waals surface area contributed by atoms with Crippen molar-refractivity contribution in [3.8, 4) is 16.9 Å². The summed E-state index contributed by atoms with van der Waals surface area (Å²) in [6.07, 6.45) is 7.11. The molecule has 15 nitrogen and oxygen atoms in total. The van der Waals surface area contributed by atoms with Gasteiger partial charge in [-0.2, -0.15) is 5.10 Å². The van der Waals surface area contributed by atoms with Gasteiger partial charge < -0.3 is 19.3 Å². The number of piperidine rings is 1. The number of benzene rings is 4. The van der Waals surface area contributed by atoms with Crippen molar-refractivity contribution in [2.45, 2.75) is 110 Å². The second-order valence-electron chi connectivity index (χ2n) is 22.7. The van der Waals surface area contributed by atoms with E-state index in [1.807, 2.05) is 99.2 Å². The molecule has 0 unspecified atom stereocenters. The van der Waals surface area contributed by atoms with Crippen LogP contribution in [-0.2, 0) is 34.3 Å². The molecule has 0 radical (unpaired) electrons. The lowest BCUT2D eigenvalue weighted by atomic mass is 9.82. The van der Waals surface area contributed by atoms with Crippen LogP contribution in [0.5, 0.6) is 5.75 Å². The Bertz CT molecular complexity index is 3350. The smallest absolute Gasteiger partial charge is 0.358 e. The molecular formula is C61H69N9O6S. The number of pyridine rings is 1. The average molecular weight is 1060 g/mol. The number of esters is 1. The van der Waals surface area contributed by atoms with Gasteiger partial charge in [0, 0.05) is 81.5 Å². The fourth-order valence-corrected chi connectivity index (χ4v) is 12.9. The van der Waals surface area contributed by atoms with E-state index in [0.717, 1.165) is 113 Å². The second-order valence-corrected chi connectivity index (χ2v) is 23.7. The third kappa shape index (κ3) is 11.3. The van der Waals surface area contributed by atoms with E-state index in [9.17, 15) is 19.2 Å². The Balaban J connectivity index is 0.700. The van der Waals surface area contributed by atoms with Crippen molar-refractivity contribution in [2.75, 3.05) is 54.4 Å². The zero-order valence-electron chi connectivity index (χ0n) is 45.1. The molecule has 4 aromatic carbocycles. The quantitative estimate of drug-likeness (QED) is 0.0831. The Hall–Kier alpha value is -7.17. The molecule has 1 aliphatic carbocycles. The third-order valence-corrected chi connectivity index (χ3v) is 16.9. The van der Waals surface area contributed by atoms with E-state index in [2.05, 4.69) is 68.4 Å². The number of fused-ring (bicyclic) bond motifs is 3. The number of nitrogens with zero attached hydrogens (tertiary/aromatic N) is 7. The van der Waals surface area contributed by atoms with Crippen LogP contribution in [0, 0.1) is 18.8 Å². The molecule has 77 heavy (non-hydrogen) atoms. The van der Waals surface area contributed by atoms with Crippen molar-refractivity contribution in [3.63, 3.8) is 0 Å². The zero-order valence-corrected chi connectivity index (χ0v) is 45.9. The number of imide groups is 1. The van der Waals surface area contributed by atoms with Crippen LogP contribution in [0.15, 0.2) is 91.0 Å². The van der Waals surface area contributed by atoms with E-state index in [1.54, 1.807) is 0 Å². The van der Waals surface area contributed by atoms with Gasteiger partial charge >= 0.3 is 5.97 Å². The Labute approximate surface area is 454 Å². The van der Waals surface area contributed by atoms with E-state index in [0.29, 0.717) is 66.3 Å². The lowest BCUT2D eigenvalue weighted by molar-refractivity contribution is -0.134. The number of rotatable bonds is 13. The Morgan fingerprint density at radius 3 is 2.42 bits per heavy atom. The lowest BCUT2D eigenvalue weighted by Crippen LogP contribution is -2.47. The second kappa shape index (κ2) is 21.7. The molecule has 3 amide bonds. The van der Waals surface area contributed by atoms with E-state index in [4.69, 9.17) is 19.6 Å². The van der Waals surface area contributed by atoms with Gasteiger partial charge in [-0.15, -0.1) is 0 Å². The van der Waals surface area contributed by atoms with Gasteiger partial charge in [-0.05, 0) is 161 Å². The van der Waals surface area contributed by atoms with Crippen molar-refractivity contribution >= 4 is 72.8 Å². The van der Waals surface area contributed by atoms with Crippen LogP contribution >= 0.6 is 11.3 Å². The summed E-state index contributed by atoms with van der Waals surface area (Å²) >= 11 is 1.45. The van der Waals surface area contributed by atoms with Crippen LogP contribution in [0.2, 0.25) is 0 Å². The highest BCUT2D eigenvalue weighted by Crippen LogP contribution is 2.39. The fraction of sp³-hybridized carbons (Fsp3) is 0.426. The summed E-state index contributed by atoms with van der Waals surface area (Å²) in [5.74, 6) is 1.13. The molecular weight excluding hydrogens is 987 g/mol. The summed E-state index contributed by atoms with van der Waals surface area (Å²) in [6, 6.07) is 30.2. The topological polar surface area (TPSA) is 164 Å². The number of nitrogens with one attached hydrogen (secondary N) is 2. The van der Waals surface area contributed by atoms with Crippen molar-refractivity contribution in [1.82, 2.24) is 30.0 Å². The van der Waals surface area contributed by atoms with Crippen LogP contribution in [0.3, 0.4) is 0 Å². The number of thiazole rings is 1. The number of hydrogen-bond donors (Lipinski definition) is 2. The van der Waals surface area contributed by atoms with E-state index in [-0.39, 0.29) is 29.5 Å². The molecule has 0 spiro atoms. The predicted molar refractivity (Wildman–Crippen MR) is 303 cm³/mol. The van der Waals surface area contributed by atoms with Gasteiger partial charge in [-0.1, -0.05) is 54.7 Å². The maximum absolute atomic E-state index is 14.2. The van der Waals surface area contributed by atoms with Gasteiger partial charge in [-0.3, -0.25) is 34.6 Å². The van der Waals surface area contributed by atoms with E-state index >= 15 is 0 Å². The molecule has 7 aromatic rings. The standard InChI is InChI=1S/C61H69N9O6S/c1-37(35-68-29-31-69(32-30-68)41-19-22-46-50(34-41)67(6)66-55(46)47-24-26-54(71)64-58(47)73)33-39-17-20-42(21-18-39)75-51-15-10-12-43(38(51)2)44-23-25-53(63-56(44)59(74)76-61(3,4)5)70-28-27-40-11-9-13-45(48(40)36-70)57(72)65-60-62-49-14-7-8-16-52(49)77-60/h7-16,19,22-23,25,34,37,39,42,47H,17-18,20-21,24,26-33,35-36H2,1-6H3,(H,62,65,72)(H,64,71,73)/t37-,39?,42?,47-/m0/s1. The summed E-state index contributed by atoms with van der Waals surface area (Å²) < 4.78 is 15.7. The SMILES string of the molecule is Cc1c(OC2CCC(C[C@H](C)CN3CCN(c4ccc5c([C@@H]6CCC(=O)NC6=O)nn(C)c5c4)CC3)CC2)cccc1-c1ccc(N2CCc3cccc(C(=O)Nc4nc5ccccc5s4)c3C2)nc1C(=O)OC(C)(C)C. The minimum absolute atomic E-state index is 0.110. The lowest BCUT2D eigenvalue weighted by Gasteiger charge is -2.38. The summed E-state index contributed by atoms with van der Waals surface area (Å²) in [5, 5.41) is 11.8. The van der Waals surface area contributed by atoms with Crippen molar-refractivity contribution in [1.29, 1.82) is 0 Å². The predicted octanol–water partition coefficient (Wildman–Crippen LogP) is 10.6. The molecule has 4 aliphatic rings. The van der Waals surface area contributed by atoms with Gasteiger partial charge in [0.25, 0.3) is 5.91 Å². The van der Waals surface area contributed by atoms with Crippen LogP contribution in [0.4, 0.5) is 16.6 Å². The van der Waals surface area contributed by atoms with Gasteiger partial charge in [-0.25, -0.2) is 14.8 Å². The molecule has 6 heterocycles. The molecule has 16 heteroatoms. The number of aryl methyl sites for hydroxylation is 1. The van der Waals surface area contributed by atoms with Crippen LogP contribution < -0.4 is 25.2 Å². The molecule has 1 saturated carbocycles. The number of anilines is 3. The van der Waals surface area contributed by atoms with Gasteiger partial charge in [0.05, 0.1) is 33.4 Å². The Morgan fingerprint density at radius 2 is 1.64 bits per heavy atom. The van der Waals surface area contributed by atoms with Crippen molar-refractivity contribution in [2.24, 2.45) is 18.9 Å². The van der Waals surface area contributed by atoms with Crippen LogP contribution in [0.1, 0.15) is 122 Å². The molecule has 3 aliphatic heterocycles. The molecule has 2 atom stereocenters. The average Bonchev–Trinajstić information content (AvgIpc) is 4.09. The Morgan fingerprint density at radius 1 is 0.844 bits per heavy atom. The molecule has 0 bridgehead atoms. The van der Waals surface area contributed by atoms with Crippen LogP contribution in [-0.4, -0.2) is 99.3 Å². The summed E-state index contributed by atoms with van der Waals surface area (Å²) in [7, 11) is 1.92. The van der Waals surface area contributed by atoms with Gasteiger partial charge in [0.15, 0.2) is 10.8 Å². The first-order valence-corrected chi connectivity index (χ1v) is 28.2. The molecule has 11 rings (SSSR count). The largest absolute Gasteiger partial charge is 0.490 e. The number of ether oxygens (including phenoxy) is 2. The first-order valence-electron chi connectivity index (χ1n) is 27.4. The number of piperazine rings is 1. The maximum atomic E-state index is 14.2. The Kier molecular flexibility index (Phi) is 14.6. The third-order valence-electron chi connectivity index (χ3n) is 16.0. The minimum atomic E-state index is -0.734. The van der Waals surface area contributed by atoms with Crippen LogP contribution in [0.25, 0.3) is 32.2 Å². The highest BCUT2D eigenvalue weighted by Gasteiger charge is 2.33. The summed E-state index contributed by atoms with van der Waals surface area (Å²) in [6.45, 7) is 16.2. The molecule has 2 saturated heterocycles. The molecule has 3 fully saturated rings. The first kappa shape index (κ1) is 51.9. The highest BCUT2D eigenvalue weighted by atomic mass is 32.1. The number of carbonyl (C=O) groups excluding carboxylic acids is 4. The maximum Gasteiger partial charge on any atom is 0.358 e. The fourth-order valence-electron chi connectivity index (χ4n) is 12.1. The zero-order chi connectivity index (χ0) is 53.5. The minimum Gasteiger partial charge on any atom is -0.490 e. The molecule has 2 N–H and O–H groups in total. The summed E-state index contributed by atoms with van der Waals surface area (Å²) in [5.41, 5.74) is 8.43. The summed E-state index contributed by atoms with van der Waals surface area (Å²) in [4.78, 5) is 69.3.